The van der Waals surface area contributed by atoms with E-state index < -0.39 is 11.6 Å². The van der Waals surface area contributed by atoms with Crippen LogP contribution in [0.25, 0.3) is 0 Å². The van der Waals surface area contributed by atoms with Crippen LogP contribution in [0.1, 0.15) is 24.8 Å². The van der Waals surface area contributed by atoms with Gasteiger partial charge in [-0.15, -0.1) is 0 Å². The number of carbonyl (C=O) groups is 1. The standard InChI is InChI=1S/C18H24F2N2OS/c1-24-11-17(23)22-8-6-18(13-22)5-2-7-21(12-18)10-14-3-4-15(19)16(20)9-14/h3-4,9H,2,5-8,10-13H2,1H3/t18-/m0/s1. The SMILES string of the molecule is CSCC(=O)N1CC[C@]2(CCCN(Cc3ccc(F)c(F)c3)C2)C1. The van der Waals surface area contributed by atoms with Crippen LogP contribution in [0.5, 0.6) is 0 Å². The van der Waals surface area contributed by atoms with Crippen LogP contribution >= 0.6 is 11.8 Å². The Hall–Kier alpha value is -1.14. The maximum absolute atomic E-state index is 13.4. The zero-order valence-electron chi connectivity index (χ0n) is 14.1. The Balaban J connectivity index is 1.62. The molecule has 1 aromatic carbocycles. The number of piperidine rings is 1. The van der Waals surface area contributed by atoms with E-state index in [0.717, 1.165) is 51.0 Å². The number of halogens is 2. The molecule has 24 heavy (non-hydrogen) atoms. The van der Waals surface area contributed by atoms with E-state index in [1.165, 1.54) is 12.1 Å². The first kappa shape index (κ1) is 17.7. The molecule has 1 aromatic rings. The van der Waals surface area contributed by atoms with E-state index in [1.807, 2.05) is 11.2 Å². The van der Waals surface area contributed by atoms with Gasteiger partial charge >= 0.3 is 0 Å². The average molecular weight is 354 g/mol. The Morgan fingerprint density at radius 2 is 2.04 bits per heavy atom. The number of thioether (sulfide) groups is 1. The number of amides is 1. The molecule has 2 heterocycles. The molecule has 0 unspecified atom stereocenters. The van der Waals surface area contributed by atoms with Crippen molar-refractivity contribution < 1.29 is 13.6 Å². The molecule has 0 aliphatic carbocycles. The fourth-order valence-electron chi connectivity index (χ4n) is 4.04. The Morgan fingerprint density at radius 1 is 1.21 bits per heavy atom. The van der Waals surface area contributed by atoms with E-state index in [2.05, 4.69) is 4.90 Å². The summed E-state index contributed by atoms with van der Waals surface area (Å²) in [5, 5.41) is 0. The number of benzene rings is 1. The first-order chi connectivity index (χ1) is 11.5. The maximum Gasteiger partial charge on any atom is 0.232 e. The van der Waals surface area contributed by atoms with Gasteiger partial charge in [0.25, 0.3) is 0 Å². The highest BCUT2D eigenvalue weighted by atomic mass is 32.2. The van der Waals surface area contributed by atoms with E-state index in [9.17, 15) is 13.6 Å². The molecule has 2 aliphatic heterocycles. The summed E-state index contributed by atoms with van der Waals surface area (Å²) in [7, 11) is 0. The second kappa shape index (κ2) is 7.40. The minimum absolute atomic E-state index is 0.172. The molecule has 2 fully saturated rings. The molecule has 6 heteroatoms. The smallest absolute Gasteiger partial charge is 0.232 e. The van der Waals surface area contributed by atoms with E-state index >= 15 is 0 Å². The van der Waals surface area contributed by atoms with E-state index in [-0.39, 0.29) is 11.3 Å². The summed E-state index contributed by atoms with van der Waals surface area (Å²) in [5.74, 6) is -0.798. The fraction of sp³-hybridized carbons (Fsp3) is 0.611. The molecule has 1 amide bonds. The Bertz CT molecular complexity index is 613. The van der Waals surface area contributed by atoms with Gasteiger partial charge in [-0.3, -0.25) is 9.69 Å². The highest BCUT2D eigenvalue weighted by Crippen LogP contribution is 2.39. The molecule has 0 N–H and O–H groups in total. The number of nitrogens with zero attached hydrogens (tertiary/aromatic N) is 2. The molecule has 0 bridgehead atoms. The van der Waals surface area contributed by atoms with E-state index in [1.54, 1.807) is 17.8 Å². The van der Waals surface area contributed by atoms with Crippen LogP contribution in [0.3, 0.4) is 0 Å². The summed E-state index contributed by atoms with van der Waals surface area (Å²) in [6.45, 7) is 4.21. The molecule has 1 atom stereocenters. The largest absolute Gasteiger partial charge is 0.341 e. The van der Waals surface area contributed by atoms with Crippen LogP contribution in [0.2, 0.25) is 0 Å². The van der Waals surface area contributed by atoms with Gasteiger partial charge < -0.3 is 4.90 Å². The second-order valence-corrected chi connectivity index (χ2v) is 7.93. The molecule has 1 spiro atoms. The highest BCUT2D eigenvalue weighted by molar-refractivity contribution is 7.99. The number of rotatable bonds is 4. The zero-order chi connectivity index (χ0) is 17.2. The van der Waals surface area contributed by atoms with Crippen LogP contribution in [0.15, 0.2) is 18.2 Å². The van der Waals surface area contributed by atoms with Crippen molar-refractivity contribution in [1.29, 1.82) is 0 Å². The summed E-state index contributed by atoms with van der Waals surface area (Å²) in [4.78, 5) is 16.4. The van der Waals surface area contributed by atoms with Crippen molar-refractivity contribution in [2.24, 2.45) is 5.41 Å². The van der Waals surface area contributed by atoms with Gasteiger partial charge in [-0.25, -0.2) is 8.78 Å². The summed E-state index contributed by atoms with van der Waals surface area (Å²) < 4.78 is 26.5. The molecule has 0 aromatic heterocycles. The third-order valence-electron chi connectivity index (χ3n) is 5.19. The number of carbonyl (C=O) groups excluding carboxylic acids is 1. The number of hydrogen-bond acceptors (Lipinski definition) is 3. The van der Waals surface area contributed by atoms with Crippen LogP contribution in [-0.2, 0) is 11.3 Å². The Kier molecular flexibility index (Phi) is 5.45. The predicted molar refractivity (Wildman–Crippen MR) is 92.9 cm³/mol. The van der Waals surface area contributed by atoms with Gasteiger partial charge in [-0.1, -0.05) is 6.07 Å². The summed E-state index contributed by atoms with van der Waals surface area (Å²) >= 11 is 1.57. The minimum Gasteiger partial charge on any atom is -0.341 e. The lowest BCUT2D eigenvalue weighted by molar-refractivity contribution is -0.127. The van der Waals surface area contributed by atoms with Gasteiger partial charge in [-0.05, 0) is 49.8 Å². The molecule has 2 aliphatic rings. The third kappa shape index (κ3) is 3.91. The highest BCUT2D eigenvalue weighted by Gasteiger charge is 2.42. The van der Waals surface area contributed by atoms with Gasteiger partial charge in [0.15, 0.2) is 11.6 Å². The minimum atomic E-state index is -0.799. The topological polar surface area (TPSA) is 23.6 Å². The zero-order valence-corrected chi connectivity index (χ0v) is 14.9. The van der Waals surface area contributed by atoms with Crippen molar-refractivity contribution in [1.82, 2.24) is 9.80 Å². The average Bonchev–Trinajstić information content (AvgIpc) is 2.95. The molecule has 0 radical (unpaired) electrons. The predicted octanol–water partition coefficient (Wildman–Crippen LogP) is 3.14. The van der Waals surface area contributed by atoms with Crippen LogP contribution in [0.4, 0.5) is 8.78 Å². The van der Waals surface area contributed by atoms with Gasteiger partial charge in [0, 0.05) is 31.6 Å². The van der Waals surface area contributed by atoms with Gasteiger partial charge in [0.2, 0.25) is 5.91 Å². The third-order valence-corrected chi connectivity index (χ3v) is 5.73. The van der Waals surface area contributed by atoms with Crippen molar-refractivity contribution in [2.75, 3.05) is 38.2 Å². The first-order valence-corrected chi connectivity index (χ1v) is 9.84. The first-order valence-electron chi connectivity index (χ1n) is 8.44. The van der Waals surface area contributed by atoms with Crippen LogP contribution in [-0.4, -0.2) is 53.9 Å². The van der Waals surface area contributed by atoms with Crippen LogP contribution in [0, 0.1) is 17.0 Å². The van der Waals surface area contributed by atoms with Crippen LogP contribution < -0.4 is 0 Å². The lowest BCUT2D eigenvalue weighted by Gasteiger charge is -2.40. The van der Waals surface area contributed by atoms with Gasteiger partial charge in [0.1, 0.15) is 0 Å². The quantitative estimate of drug-likeness (QED) is 0.830. The maximum atomic E-state index is 13.4. The monoisotopic (exact) mass is 354 g/mol. The summed E-state index contributed by atoms with van der Waals surface area (Å²) in [6, 6.07) is 4.14. The fourth-order valence-corrected chi connectivity index (χ4v) is 4.47. The number of likely N-dealkylation sites (tertiary alicyclic amines) is 2. The lowest BCUT2D eigenvalue weighted by Crippen LogP contribution is -2.45. The van der Waals surface area contributed by atoms with Gasteiger partial charge in [0.05, 0.1) is 5.75 Å². The Morgan fingerprint density at radius 3 is 2.79 bits per heavy atom. The lowest BCUT2D eigenvalue weighted by atomic mass is 9.79. The van der Waals surface area contributed by atoms with E-state index in [4.69, 9.17) is 0 Å². The molecule has 132 valence electrons. The summed E-state index contributed by atoms with van der Waals surface area (Å²) in [6.07, 6.45) is 5.23. The van der Waals surface area contributed by atoms with Crippen molar-refractivity contribution >= 4 is 17.7 Å². The summed E-state index contributed by atoms with van der Waals surface area (Å²) in [5.41, 5.74) is 0.976. The normalized spacial score (nSPS) is 24.7. The molecular formula is C18H24F2N2OS. The van der Waals surface area contributed by atoms with Gasteiger partial charge in [-0.2, -0.15) is 11.8 Å². The molecule has 3 rings (SSSR count). The van der Waals surface area contributed by atoms with Crippen molar-refractivity contribution in [3.63, 3.8) is 0 Å². The molecular weight excluding hydrogens is 330 g/mol. The Labute approximate surface area is 146 Å². The second-order valence-electron chi connectivity index (χ2n) is 7.06. The van der Waals surface area contributed by atoms with E-state index in [0.29, 0.717) is 12.3 Å². The molecule has 3 nitrogen and oxygen atoms in total. The number of hydrogen-bond donors (Lipinski definition) is 0. The van der Waals surface area contributed by atoms with Crippen molar-refractivity contribution in [3.8, 4) is 0 Å². The molecule has 2 saturated heterocycles. The van der Waals surface area contributed by atoms with Crippen molar-refractivity contribution in [3.05, 3.63) is 35.4 Å². The van der Waals surface area contributed by atoms with Crippen molar-refractivity contribution in [2.45, 2.75) is 25.8 Å². The molecule has 0 saturated carbocycles.